The quantitative estimate of drug-likeness (QED) is 0.532. The topological polar surface area (TPSA) is 76.9 Å². The van der Waals surface area contributed by atoms with Crippen LogP contribution in [0.15, 0.2) is 41.0 Å². The molecular formula is C21H27ClN4O2S2. The first-order valence-corrected chi connectivity index (χ1v) is 12.4. The Balaban J connectivity index is 1.97. The zero-order valence-electron chi connectivity index (χ0n) is 17.8. The highest BCUT2D eigenvalue weighted by molar-refractivity contribution is 7.91. The lowest BCUT2D eigenvalue weighted by Gasteiger charge is -2.20. The maximum atomic E-state index is 13.1. The molecule has 0 saturated carbocycles. The van der Waals surface area contributed by atoms with Crippen LogP contribution in [0.2, 0.25) is 5.28 Å². The Bertz CT molecular complexity index is 1110. The summed E-state index contributed by atoms with van der Waals surface area (Å²) in [7, 11) is -3.66. The van der Waals surface area contributed by atoms with Gasteiger partial charge in [-0.2, -0.15) is 0 Å². The molecule has 3 rings (SSSR count). The van der Waals surface area contributed by atoms with Gasteiger partial charge in [0.1, 0.15) is 4.21 Å². The van der Waals surface area contributed by atoms with Crippen LogP contribution in [0.25, 0.3) is 11.1 Å². The molecule has 0 saturated heterocycles. The van der Waals surface area contributed by atoms with Crippen LogP contribution in [0.1, 0.15) is 45.2 Å². The molecule has 3 heterocycles. The molecule has 0 atom stereocenters. The van der Waals surface area contributed by atoms with Crippen LogP contribution in [0.3, 0.4) is 0 Å². The summed E-state index contributed by atoms with van der Waals surface area (Å²) < 4.78 is 31.1. The van der Waals surface area contributed by atoms with Crippen LogP contribution in [-0.4, -0.2) is 28.5 Å². The van der Waals surface area contributed by atoms with Crippen LogP contribution in [0.5, 0.6) is 0 Å². The minimum Gasteiger partial charge on any atom is -0.316 e. The first-order chi connectivity index (χ1) is 13.9. The van der Waals surface area contributed by atoms with Crippen LogP contribution >= 0.6 is 22.9 Å². The summed E-state index contributed by atoms with van der Waals surface area (Å²) in [4.78, 5) is 9.57. The van der Waals surface area contributed by atoms with Crippen molar-refractivity contribution < 1.29 is 8.42 Å². The van der Waals surface area contributed by atoms with Crippen molar-refractivity contribution in [2.45, 2.75) is 57.3 Å². The lowest BCUT2D eigenvalue weighted by Crippen LogP contribution is -2.40. The monoisotopic (exact) mass is 466 g/mol. The number of halogens is 1. The molecule has 0 aliphatic rings. The molecule has 0 bridgehead atoms. The standard InChI is InChI=1S/C21H27ClN4O2S2/c1-14(2)10-17-11-18(19(29-17)30(27,28)25-21(3,4)5)15-6-7-16(24-12-15)13-26-9-8-23-20(26)22/h6-9,11-12,14,25H,10,13H2,1-5H3. The Kier molecular flexibility index (Phi) is 6.72. The van der Waals surface area contributed by atoms with Gasteiger partial charge in [-0.1, -0.05) is 19.9 Å². The minimum absolute atomic E-state index is 0.334. The molecule has 30 heavy (non-hydrogen) atoms. The molecule has 0 unspecified atom stereocenters. The number of rotatable bonds is 7. The number of nitrogens with one attached hydrogen (secondary N) is 1. The second-order valence-electron chi connectivity index (χ2n) is 8.73. The lowest BCUT2D eigenvalue weighted by molar-refractivity contribution is 0.493. The zero-order chi connectivity index (χ0) is 22.1. The highest BCUT2D eigenvalue weighted by Crippen LogP contribution is 2.36. The van der Waals surface area contributed by atoms with E-state index < -0.39 is 15.6 Å². The molecule has 3 aromatic rings. The molecule has 0 aromatic carbocycles. The average Bonchev–Trinajstić information content (AvgIpc) is 3.20. The third-order valence-electron chi connectivity index (χ3n) is 4.18. The molecule has 6 nitrogen and oxygen atoms in total. The fourth-order valence-corrected chi connectivity index (χ4v) is 6.60. The van der Waals surface area contributed by atoms with E-state index in [-0.39, 0.29) is 0 Å². The third kappa shape index (κ3) is 5.69. The zero-order valence-corrected chi connectivity index (χ0v) is 20.2. The Morgan fingerprint density at radius 3 is 2.50 bits per heavy atom. The average molecular weight is 467 g/mol. The number of pyridine rings is 1. The highest BCUT2D eigenvalue weighted by atomic mass is 35.5. The third-order valence-corrected chi connectivity index (χ3v) is 7.94. The van der Waals surface area contributed by atoms with E-state index in [0.29, 0.717) is 27.5 Å². The van der Waals surface area contributed by atoms with Gasteiger partial charge >= 0.3 is 0 Å². The van der Waals surface area contributed by atoms with E-state index in [1.165, 1.54) is 11.3 Å². The molecule has 0 amide bonds. The number of thiophene rings is 1. The van der Waals surface area contributed by atoms with Gasteiger partial charge in [0.15, 0.2) is 0 Å². The number of hydrogen-bond acceptors (Lipinski definition) is 5. The van der Waals surface area contributed by atoms with Crippen molar-refractivity contribution in [3.63, 3.8) is 0 Å². The molecule has 3 aromatic heterocycles. The van der Waals surface area contributed by atoms with E-state index in [1.807, 2.05) is 39.0 Å². The summed E-state index contributed by atoms with van der Waals surface area (Å²) in [5.41, 5.74) is 1.71. The van der Waals surface area contributed by atoms with Crippen molar-refractivity contribution >= 4 is 33.0 Å². The maximum Gasteiger partial charge on any atom is 0.251 e. The van der Waals surface area contributed by atoms with Crippen molar-refractivity contribution in [1.82, 2.24) is 19.3 Å². The second-order valence-corrected chi connectivity index (χ2v) is 12.1. The summed E-state index contributed by atoms with van der Waals surface area (Å²) in [5, 5.41) is 0.402. The summed E-state index contributed by atoms with van der Waals surface area (Å²) in [6.07, 6.45) is 5.97. The molecule has 0 aliphatic heterocycles. The summed E-state index contributed by atoms with van der Waals surface area (Å²) in [6, 6.07) is 5.77. The predicted molar refractivity (Wildman–Crippen MR) is 123 cm³/mol. The maximum absolute atomic E-state index is 13.1. The number of nitrogens with zero attached hydrogens (tertiary/aromatic N) is 3. The first-order valence-electron chi connectivity index (χ1n) is 9.73. The van der Waals surface area contributed by atoms with Crippen molar-refractivity contribution in [2.24, 2.45) is 5.92 Å². The largest absolute Gasteiger partial charge is 0.316 e. The second kappa shape index (κ2) is 8.78. The number of imidazole rings is 1. The Morgan fingerprint density at radius 2 is 1.97 bits per heavy atom. The van der Waals surface area contributed by atoms with Crippen molar-refractivity contribution in [2.75, 3.05) is 0 Å². The predicted octanol–water partition coefficient (Wildman–Crippen LogP) is 4.98. The van der Waals surface area contributed by atoms with Gasteiger partial charge in [-0.3, -0.25) is 4.98 Å². The number of hydrogen-bond donors (Lipinski definition) is 1. The van der Waals surface area contributed by atoms with Crippen LogP contribution < -0.4 is 4.72 Å². The first kappa shape index (κ1) is 22.9. The van der Waals surface area contributed by atoms with Crippen molar-refractivity contribution in [1.29, 1.82) is 0 Å². The van der Waals surface area contributed by atoms with Crippen LogP contribution in [0.4, 0.5) is 0 Å². The molecule has 9 heteroatoms. The van der Waals surface area contributed by atoms with Gasteiger partial charge in [-0.25, -0.2) is 18.1 Å². The SMILES string of the molecule is CC(C)Cc1cc(-c2ccc(Cn3ccnc3Cl)nc2)c(S(=O)(=O)NC(C)(C)C)s1. The van der Waals surface area contributed by atoms with Gasteiger partial charge < -0.3 is 4.57 Å². The van der Waals surface area contributed by atoms with Crippen molar-refractivity contribution in [3.8, 4) is 11.1 Å². The molecule has 1 N–H and O–H groups in total. The fraction of sp³-hybridized carbons (Fsp3) is 0.429. The number of sulfonamides is 1. The lowest BCUT2D eigenvalue weighted by atomic mass is 10.1. The minimum atomic E-state index is -3.66. The van der Waals surface area contributed by atoms with Crippen LogP contribution in [-0.2, 0) is 23.0 Å². The Hall–Kier alpha value is -1.74. The van der Waals surface area contributed by atoms with Crippen molar-refractivity contribution in [3.05, 3.63) is 52.6 Å². The van der Waals surface area contributed by atoms with E-state index >= 15 is 0 Å². The molecule has 0 spiro atoms. The van der Waals surface area contributed by atoms with E-state index in [0.717, 1.165) is 22.6 Å². The van der Waals surface area contributed by atoms with E-state index in [4.69, 9.17) is 11.6 Å². The molecule has 0 fully saturated rings. The smallest absolute Gasteiger partial charge is 0.251 e. The summed E-state index contributed by atoms with van der Waals surface area (Å²) in [6.45, 7) is 10.3. The molecule has 0 radical (unpaired) electrons. The molecule has 0 aliphatic carbocycles. The number of aromatic nitrogens is 3. The molecule has 162 valence electrons. The van der Waals surface area contributed by atoms with Gasteiger partial charge in [0, 0.05) is 40.1 Å². The Labute approximate surface area is 187 Å². The van der Waals surface area contributed by atoms with Gasteiger partial charge in [-0.05, 0) is 56.8 Å². The highest BCUT2D eigenvalue weighted by Gasteiger charge is 2.28. The summed E-state index contributed by atoms with van der Waals surface area (Å²) >= 11 is 7.37. The van der Waals surface area contributed by atoms with Gasteiger partial charge in [0.05, 0.1) is 12.2 Å². The van der Waals surface area contributed by atoms with E-state index in [1.54, 1.807) is 23.2 Å². The van der Waals surface area contributed by atoms with Gasteiger partial charge in [0.2, 0.25) is 5.28 Å². The van der Waals surface area contributed by atoms with Gasteiger partial charge in [-0.15, -0.1) is 11.3 Å². The van der Waals surface area contributed by atoms with E-state index in [9.17, 15) is 8.42 Å². The summed E-state index contributed by atoms with van der Waals surface area (Å²) in [5.74, 6) is 0.433. The molecular weight excluding hydrogens is 440 g/mol. The van der Waals surface area contributed by atoms with E-state index in [2.05, 4.69) is 28.5 Å². The van der Waals surface area contributed by atoms with Gasteiger partial charge in [0.25, 0.3) is 10.0 Å². The fourth-order valence-electron chi connectivity index (χ4n) is 3.06. The van der Waals surface area contributed by atoms with Crippen LogP contribution in [0, 0.1) is 5.92 Å². The Morgan fingerprint density at radius 1 is 1.23 bits per heavy atom. The normalized spacial score (nSPS) is 12.6.